The number of carbonyl (C=O) groups is 1. The van der Waals surface area contributed by atoms with Gasteiger partial charge in [-0.25, -0.2) is 4.98 Å². The van der Waals surface area contributed by atoms with E-state index in [4.69, 9.17) is 4.52 Å². The van der Waals surface area contributed by atoms with Crippen molar-refractivity contribution in [1.82, 2.24) is 20.4 Å². The summed E-state index contributed by atoms with van der Waals surface area (Å²) in [4.78, 5) is 21.2. The Morgan fingerprint density at radius 1 is 1.25 bits per heavy atom. The van der Waals surface area contributed by atoms with Crippen LogP contribution in [0.15, 0.2) is 40.1 Å². The molecule has 0 bridgehead atoms. The van der Waals surface area contributed by atoms with Gasteiger partial charge in [0, 0.05) is 47.6 Å². The fourth-order valence-electron chi connectivity index (χ4n) is 3.75. The molecule has 0 radical (unpaired) electrons. The fourth-order valence-corrected chi connectivity index (χ4v) is 3.75. The lowest BCUT2D eigenvalue weighted by molar-refractivity contribution is -0.503. The highest BCUT2D eigenvalue weighted by Gasteiger charge is 2.34. The maximum absolute atomic E-state index is 12.5. The van der Waals surface area contributed by atoms with E-state index >= 15 is 0 Å². The molecule has 3 aromatic rings. The minimum absolute atomic E-state index is 0.00532. The van der Waals surface area contributed by atoms with Gasteiger partial charge in [-0.3, -0.25) is 4.79 Å². The summed E-state index contributed by atoms with van der Waals surface area (Å²) >= 11 is 0. The average molecular weight is 435 g/mol. The van der Waals surface area contributed by atoms with Gasteiger partial charge in [-0.2, -0.15) is 4.98 Å². The number of hydrazone groups is 1. The number of aryl methyl sites for hydroxylation is 1. The molecule has 0 aliphatic carbocycles. The molecule has 4 rings (SSSR count). The number of carbonyl (C=O) groups excluding carboxylic acids is 1. The van der Waals surface area contributed by atoms with E-state index in [0.29, 0.717) is 42.8 Å². The van der Waals surface area contributed by atoms with Crippen molar-refractivity contribution in [3.05, 3.63) is 36.4 Å². The van der Waals surface area contributed by atoms with Crippen LogP contribution in [0.5, 0.6) is 0 Å². The minimum Gasteiger partial charge on any atom is -0.369 e. The number of rotatable bonds is 5. The molecular formula is C23H28N7O2+. The summed E-state index contributed by atoms with van der Waals surface area (Å²) < 4.78 is 6.95. The van der Waals surface area contributed by atoms with Crippen LogP contribution >= 0.6 is 0 Å². The zero-order valence-corrected chi connectivity index (χ0v) is 19.1. The average Bonchev–Trinajstić information content (AvgIpc) is 3.33. The molecule has 2 aromatic heterocycles. The number of aromatic nitrogens is 3. The number of hydrogen-bond donors (Lipinski definition) is 2. The van der Waals surface area contributed by atoms with Gasteiger partial charge >= 0.3 is 0 Å². The van der Waals surface area contributed by atoms with Crippen molar-refractivity contribution in [2.24, 2.45) is 10.5 Å². The molecule has 1 aliphatic heterocycles. The maximum atomic E-state index is 12.5. The Kier molecular flexibility index (Phi) is 5.73. The quantitative estimate of drug-likeness (QED) is 0.596. The first kappa shape index (κ1) is 21.6. The number of fused-ring (bicyclic) bond motifs is 1. The second-order valence-electron chi connectivity index (χ2n) is 8.90. The Morgan fingerprint density at radius 3 is 2.75 bits per heavy atom. The molecule has 166 valence electrons. The van der Waals surface area contributed by atoms with E-state index in [9.17, 15) is 4.79 Å². The van der Waals surface area contributed by atoms with E-state index in [1.54, 1.807) is 13.1 Å². The molecule has 1 aromatic carbocycles. The Bertz CT molecular complexity index is 1230. The molecule has 1 amide bonds. The number of anilines is 1. The first-order valence-corrected chi connectivity index (χ1v) is 10.6. The molecule has 0 atom stereocenters. The van der Waals surface area contributed by atoms with Crippen molar-refractivity contribution >= 4 is 34.0 Å². The van der Waals surface area contributed by atoms with Crippen LogP contribution in [0, 0.1) is 12.3 Å². The predicted octanol–water partition coefficient (Wildman–Crippen LogP) is 3.36. The molecule has 2 N–H and O–H groups in total. The highest BCUT2D eigenvalue weighted by Crippen LogP contribution is 2.26. The smallest absolute Gasteiger partial charge is 0.227 e. The Labute approximate surface area is 186 Å². The second-order valence-corrected chi connectivity index (χ2v) is 8.90. The van der Waals surface area contributed by atoms with Crippen LogP contribution in [-0.4, -0.2) is 50.9 Å². The van der Waals surface area contributed by atoms with Crippen LogP contribution in [0.2, 0.25) is 0 Å². The first-order valence-electron chi connectivity index (χ1n) is 10.6. The summed E-state index contributed by atoms with van der Waals surface area (Å²) in [5, 5.41) is 16.6. The Morgan fingerprint density at radius 2 is 2.06 bits per heavy atom. The SMILES string of the molecule is Cc1nc(-c2ccc3ccnc(NCCC(=O)NC4=N[N+](C)=C(C(C)(C)C)C4)c3c2)no1. The number of benzene rings is 1. The van der Waals surface area contributed by atoms with Crippen LogP contribution < -0.4 is 10.6 Å². The molecule has 32 heavy (non-hydrogen) atoms. The number of nitrogens with one attached hydrogen (secondary N) is 2. The van der Waals surface area contributed by atoms with Crippen molar-refractivity contribution in [2.45, 2.75) is 40.5 Å². The number of pyridine rings is 1. The summed E-state index contributed by atoms with van der Waals surface area (Å²) in [5.41, 5.74) is 2.03. The molecule has 1 aliphatic rings. The van der Waals surface area contributed by atoms with Gasteiger partial charge in [0.2, 0.25) is 17.6 Å². The van der Waals surface area contributed by atoms with E-state index < -0.39 is 0 Å². The highest BCUT2D eigenvalue weighted by molar-refractivity contribution is 6.10. The third-order valence-electron chi connectivity index (χ3n) is 5.34. The monoisotopic (exact) mass is 434 g/mol. The van der Waals surface area contributed by atoms with Crippen LogP contribution in [0.3, 0.4) is 0 Å². The van der Waals surface area contributed by atoms with E-state index in [0.717, 1.165) is 16.3 Å². The molecule has 9 heteroatoms. The first-order chi connectivity index (χ1) is 15.2. The molecule has 0 fully saturated rings. The minimum atomic E-state index is -0.0805. The molecule has 0 saturated heterocycles. The topological polar surface area (TPSA) is 108 Å². The summed E-state index contributed by atoms with van der Waals surface area (Å²) in [6, 6.07) is 7.86. The van der Waals surface area contributed by atoms with Gasteiger partial charge < -0.3 is 15.2 Å². The van der Waals surface area contributed by atoms with Crippen molar-refractivity contribution in [1.29, 1.82) is 0 Å². The standard InChI is InChI=1S/C23H27N7O2/c1-14-26-21(29-32-14)16-7-6-15-8-10-24-22(17(15)12-16)25-11-9-20(31)27-19-13-18(23(2,3)4)30(5)28-19/h6-8,10,12H,9,11,13H2,1-5H3,(H-,24,25,27,28,29,31)/p+1. The van der Waals surface area contributed by atoms with Crippen molar-refractivity contribution < 1.29 is 14.0 Å². The number of hydrogen-bond acceptors (Lipinski definition) is 7. The zero-order chi connectivity index (χ0) is 22.9. The van der Waals surface area contributed by atoms with Crippen molar-refractivity contribution in [3.63, 3.8) is 0 Å². The molecule has 0 unspecified atom stereocenters. The number of nitrogens with zero attached hydrogens (tertiary/aromatic N) is 5. The largest absolute Gasteiger partial charge is 0.369 e. The second kappa shape index (κ2) is 8.49. The van der Waals surface area contributed by atoms with E-state index in [2.05, 4.69) is 51.6 Å². The summed E-state index contributed by atoms with van der Waals surface area (Å²) in [5.74, 6) is 2.36. The molecule has 9 nitrogen and oxygen atoms in total. The molecule has 3 heterocycles. The third kappa shape index (κ3) is 4.66. The maximum Gasteiger partial charge on any atom is 0.227 e. The van der Waals surface area contributed by atoms with Crippen LogP contribution in [0.1, 0.15) is 39.5 Å². The lowest BCUT2D eigenvalue weighted by Gasteiger charge is -2.13. The predicted molar refractivity (Wildman–Crippen MR) is 124 cm³/mol. The Hall–Kier alpha value is -3.62. The van der Waals surface area contributed by atoms with Crippen molar-refractivity contribution in [2.75, 3.05) is 18.9 Å². The fraction of sp³-hybridized carbons (Fsp3) is 0.391. The lowest BCUT2D eigenvalue weighted by Crippen LogP contribution is -2.33. The van der Waals surface area contributed by atoms with Crippen LogP contribution in [0.25, 0.3) is 22.2 Å². The normalized spacial score (nSPS) is 14.1. The third-order valence-corrected chi connectivity index (χ3v) is 5.34. The lowest BCUT2D eigenvalue weighted by atomic mass is 9.88. The van der Waals surface area contributed by atoms with Gasteiger partial charge in [0.15, 0.2) is 18.6 Å². The van der Waals surface area contributed by atoms with E-state index in [-0.39, 0.29) is 11.3 Å². The Balaban J connectivity index is 1.38. The summed E-state index contributed by atoms with van der Waals surface area (Å²) in [6.07, 6.45) is 2.70. The highest BCUT2D eigenvalue weighted by atomic mass is 16.5. The molecule has 0 spiro atoms. The van der Waals surface area contributed by atoms with Gasteiger partial charge in [0.05, 0.1) is 6.42 Å². The molecular weight excluding hydrogens is 406 g/mol. The number of amidine groups is 1. The van der Waals surface area contributed by atoms with Gasteiger partial charge in [0.25, 0.3) is 0 Å². The van der Waals surface area contributed by atoms with Gasteiger partial charge in [0.1, 0.15) is 5.82 Å². The number of amides is 1. The van der Waals surface area contributed by atoms with Crippen molar-refractivity contribution in [3.8, 4) is 11.4 Å². The van der Waals surface area contributed by atoms with E-state index in [1.807, 2.05) is 36.0 Å². The van der Waals surface area contributed by atoms with Gasteiger partial charge in [-0.15, -0.1) is 0 Å². The van der Waals surface area contributed by atoms with Crippen LogP contribution in [-0.2, 0) is 4.79 Å². The van der Waals surface area contributed by atoms with Gasteiger partial charge in [-0.1, -0.05) is 42.7 Å². The van der Waals surface area contributed by atoms with Crippen LogP contribution in [0.4, 0.5) is 5.82 Å². The molecule has 0 saturated carbocycles. The summed E-state index contributed by atoms with van der Waals surface area (Å²) in [6.45, 7) is 8.64. The van der Waals surface area contributed by atoms with Gasteiger partial charge in [-0.05, 0) is 17.5 Å². The van der Waals surface area contributed by atoms with E-state index in [1.165, 1.54) is 5.71 Å². The zero-order valence-electron chi connectivity index (χ0n) is 19.1. The summed E-state index contributed by atoms with van der Waals surface area (Å²) in [7, 11) is 1.91.